The Bertz CT molecular complexity index is 2940. The van der Waals surface area contributed by atoms with Crippen molar-refractivity contribution in [1.29, 1.82) is 0 Å². The number of rotatable bonds is 4. The first kappa shape index (κ1) is 17.7. The van der Waals surface area contributed by atoms with Crippen LogP contribution in [0.2, 0.25) is 0 Å². The van der Waals surface area contributed by atoms with Gasteiger partial charge in [-0.25, -0.2) is 0 Å². The Morgan fingerprint density at radius 2 is 1.02 bits per heavy atom. The van der Waals surface area contributed by atoms with E-state index in [0.717, 1.165) is 29.5 Å². The van der Waals surface area contributed by atoms with Crippen LogP contribution in [0.3, 0.4) is 0 Å². The lowest BCUT2D eigenvalue weighted by molar-refractivity contribution is 0.333. The highest BCUT2D eigenvalue weighted by atomic mass is 14.4. The van der Waals surface area contributed by atoms with Gasteiger partial charge in [-0.05, 0) is 107 Å². The van der Waals surface area contributed by atoms with Crippen LogP contribution in [0.5, 0.6) is 0 Å². The molecule has 0 nitrogen and oxygen atoms in total. The third kappa shape index (κ3) is 4.59. The normalized spacial score (nSPS) is 19.1. The Morgan fingerprint density at radius 3 is 1.74 bits per heavy atom. The average molecular weight is 606 g/mol. The van der Waals surface area contributed by atoms with Gasteiger partial charge in [0.15, 0.2) is 0 Å². The summed E-state index contributed by atoms with van der Waals surface area (Å²) in [5, 5.41) is 1.02. The van der Waals surface area contributed by atoms with Gasteiger partial charge in [0.1, 0.15) is 0 Å². The molecule has 0 atom stereocenters. The lowest BCUT2D eigenvalue weighted by Gasteiger charge is -2.43. The van der Waals surface area contributed by atoms with Crippen LogP contribution in [0.4, 0.5) is 0 Å². The standard InChI is InChI=1S/C46H40/c1-45(2)27-28-46(3,4)44-40(32-19-9-6-10-20-32)29-33(30-41(44)45)42-36-23-13-15-25-38(36)43(39-26-16-14-24-37(39)42)35-22-12-11-21-34(35)31-17-7-5-8-18-31/h5-26,29-30H,27-28H2,1-4H3/i5D,7D,8D,11D,12D,13D,15D,17D,18D,21D,22D,23D,25D. The average Bonchev–Trinajstić information content (AvgIpc) is 3.22. The topological polar surface area (TPSA) is 0 Å². The van der Waals surface area contributed by atoms with E-state index in [9.17, 15) is 5.48 Å². The second kappa shape index (κ2) is 10.8. The van der Waals surface area contributed by atoms with Crippen molar-refractivity contribution in [2.45, 2.75) is 51.4 Å². The van der Waals surface area contributed by atoms with Crippen LogP contribution >= 0.6 is 0 Å². The van der Waals surface area contributed by atoms with Crippen molar-refractivity contribution in [2.24, 2.45) is 0 Å². The summed E-state index contributed by atoms with van der Waals surface area (Å²) in [6.45, 7) is 8.93. The first-order chi connectivity index (χ1) is 27.7. The van der Waals surface area contributed by atoms with E-state index in [1.54, 1.807) is 18.2 Å². The Labute approximate surface area is 291 Å². The van der Waals surface area contributed by atoms with Gasteiger partial charge in [-0.1, -0.05) is 167 Å². The molecule has 0 aliphatic heterocycles. The molecule has 1 aliphatic carbocycles. The third-order valence-electron chi connectivity index (χ3n) is 9.63. The van der Waals surface area contributed by atoms with Gasteiger partial charge in [0.05, 0.1) is 17.8 Å². The molecule has 0 heteroatoms. The minimum Gasteiger partial charge on any atom is -0.0622 e. The molecule has 7 aromatic carbocycles. The summed E-state index contributed by atoms with van der Waals surface area (Å²) in [6, 6.07) is 13.5. The first-order valence-corrected chi connectivity index (χ1v) is 15.6. The predicted octanol–water partition coefficient (Wildman–Crippen LogP) is 13.0. The second-order valence-corrected chi connectivity index (χ2v) is 13.4. The predicted molar refractivity (Wildman–Crippen MR) is 198 cm³/mol. The maximum absolute atomic E-state index is 9.56. The summed E-state index contributed by atoms with van der Waals surface area (Å²) in [5.74, 6) is 0. The lowest BCUT2D eigenvalue weighted by Crippen LogP contribution is -2.34. The summed E-state index contributed by atoms with van der Waals surface area (Å²) >= 11 is 0. The zero-order chi connectivity index (χ0) is 42.8. The van der Waals surface area contributed by atoms with Crippen LogP contribution in [0.25, 0.3) is 66.1 Å². The van der Waals surface area contributed by atoms with E-state index in [2.05, 4.69) is 52.0 Å². The molecule has 0 radical (unpaired) electrons. The Hall–Kier alpha value is -4.94. The molecule has 0 bridgehead atoms. The molecular weight excluding hydrogens is 553 g/mol. The first-order valence-electron chi connectivity index (χ1n) is 22.1. The van der Waals surface area contributed by atoms with Crippen molar-refractivity contribution in [3.05, 3.63) is 156 Å². The highest BCUT2D eigenvalue weighted by Gasteiger charge is 2.39. The van der Waals surface area contributed by atoms with Crippen molar-refractivity contribution >= 4 is 21.5 Å². The Morgan fingerprint density at radius 1 is 0.457 bits per heavy atom. The Balaban J connectivity index is 1.65. The summed E-state index contributed by atoms with van der Waals surface area (Å²) in [7, 11) is 0. The van der Waals surface area contributed by atoms with Gasteiger partial charge in [0, 0.05) is 0 Å². The molecule has 0 amide bonds. The monoisotopic (exact) mass is 605 g/mol. The summed E-state index contributed by atoms with van der Waals surface area (Å²) < 4.78 is 116. The van der Waals surface area contributed by atoms with Crippen LogP contribution < -0.4 is 0 Å². The molecule has 46 heavy (non-hydrogen) atoms. The molecule has 0 aromatic heterocycles. The van der Waals surface area contributed by atoms with E-state index in [-0.39, 0.29) is 44.3 Å². The van der Waals surface area contributed by atoms with Gasteiger partial charge in [0.2, 0.25) is 0 Å². The van der Waals surface area contributed by atoms with E-state index in [1.807, 2.05) is 24.3 Å². The maximum Gasteiger partial charge on any atom is 0.0629 e. The van der Waals surface area contributed by atoms with Gasteiger partial charge in [-0.2, -0.15) is 0 Å². The van der Waals surface area contributed by atoms with Crippen LogP contribution in [0, 0.1) is 0 Å². The van der Waals surface area contributed by atoms with Crippen LogP contribution in [0.1, 0.15) is 69.5 Å². The van der Waals surface area contributed by atoms with E-state index in [0.29, 0.717) is 21.9 Å². The lowest BCUT2D eigenvalue weighted by atomic mass is 9.61. The molecule has 7 aromatic rings. The zero-order valence-corrected chi connectivity index (χ0v) is 26.3. The highest BCUT2D eigenvalue weighted by Crippen LogP contribution is 2.53. The van der Waals surface area contributed by atoms with Crippen molar-refractivity contribution < 1.29 is 17.8 Å². The molecule has 0 unspecified atom stereocenters. The molecule has 0 N–H and O–H groups in total. The number of hydrogen-bond donors (Lipinski definition) is 0. The fourth-order valence-corrected chi connectivity index (χ4v) is 7.28. The molecule has 1 aliphatic rings. The number of hydrogen-bond acceptors (Lipinski definition) is 0. The van der Waals surface area contributed by atoms with E-state index in [1.165, 1.54) is 5.56 Å². The third-order valence-corrected chi connectivity index (χ3v) is 9.63. The highest BCUT2D eigenvalue weighted by molar-refractivity contribution is 6.22. The number of fused-ring (bicyclic) bond motifs is 3. The smallest absolute Gasteiger partial charge is 0.0622 e. The fourth-order valence-electron chi connectivity index (χ4n) is 7.28. The minimum atomic E-state index is -0.695. The zero-order valence-electron chi connectivity index (χ0n) is 39.3. The molecule has 0 saturated carbocycles. The summed E-state index contributed by atoms with van der Waals surface area (Å²) in [6.07, 6.45) is 1.87. The van der Waals surface area contributed by atoms with Crippen molar-refractivity contribution in [3.63, 3.8) is 0 Å². The second-order valence-electron chi connectivity index (χ2n) is 13.4. The van der Waals surface area contributed by atoms with E-state index >= 15 is 0 Å². The minimum absolute atomic E-state index is 0.0260. The summed E-state index contributed by atoms with van der Waals surface area (Å²) in [4.78, 5) is 0. The quantitative estimate of drug-likeness (QED) is 0.175. The van der Waals surface area contributed by atoms with E-state index < -0.39 is 78.1 Å². The molecular formula is C46H40. The van der Waals surface area contributed by atoms with Crippen LogP contribution in [-0.2, 0) is 10.8 Å². The van der Waals surface area contributed by atoms with Gasteiger partial charge in [0.25, 0.3) is 0 Å². The van der Waals surface area contributed by atoms with Crippen LogP contribution in [0.15, 0.2) is 145 Å². The van der Waals surface area contributed by atoms with Gasteiger partial charge < -0.3 is 0 Å². The largest absolute Gasteiger partial charge is 0.0629 e. The Kier molecular flexibility index (Phi) is 4.17. The number of benzene rings is 7. The maximum atomic E-state index is 9.56. The SMILES string of the molecule is [2H]c1c([2H])c([2H])c(-c2c([2H])c([2H])c([2H])c([2H])c2-c2c3ccccc3c(-c3cc(-c4ccccc4)c4c(c3)C(C)(C)CCC4(C)C)c3c([2H])c([2H])c([2H])c([2H])c23)c([2H])c1[2H]. The molecule has 0 saturated heterocycles. The molecule has 0 heterocycles. The van der Waals surface area contributed by atoms with Crippen LogP contribution in [-0.4, -0.2) is 0 Å². The molecule has 8 rings (SSSR count). The van der Waals surface area contributed by atoms with Gasteiger partial charge >= 0.3 is 0 Å². The van der Waals surface area contributed by atoms with Gasteiger partial charge in [-0.3, -0.25) is 0 Å². The van der Waals surface area contributed by atoms with Crippen molar-refractivity contribution in [2.75, 3.05) is 0 Å². The molecule has 0 fully saturated rings. The fraction of sp³-hybridized carbons (Fsp3) is 0.174. The molecule has 0 spiro atoms. The van der Waals surface area contributed by atoms with Gasteiger partial charge in [-0.15, -0.1) is 0 Å². The van der Waals surface area contributed by atoms with Crippen molar-refractivity contribution in [1.82, 2.24) is 0 Å². The summed E-state index contributed by atoms with van der Waals surface area (Å²) in [5.41, 5.74) is 4.04. The van der Waals surface area contributed by atoms with Crippen molar-refractivity contribution in [3.8, 4) is 44.5 Å². The van der Waals surface area contributed by atoms with E-state index in [4.69, 9.17) is 12.3 Å². The molecule has 224 valence electrons.